The van der Waals surface area contributed by atoms with Crippen LogP contribution in [0, 0.1) is 5.82 Å². The third kappa shape index (κ3) is 2.39. The topological polar surface area (TPSA) is 25.2 Å². The summed E-state index contributed by atoms with van der Waals surface area (Å²) in [6, 6.07) is 16.5. The Morgan fingerprint density at radius 3 is 2.62 bits per heavy atom. The van der Waals surface area contributed by atoms with Gasteiger partial charge >= 0.3 is 0 Å². The quantitative estimate of drug-likeness (QED) is 0.691. The third-order valence-corrected chi connectivity index (χ3v) is 4.94. The van der Waals surface area contributed by atoms with Crippen molar-refractivity contribution < 1.29 is 9.18 Å². The maximum atomic E-state index is 13.2. The average Bonchev–Trinajstić information content (AvgIpc) is 3.21. The summed E-state index contributed by atoms with van der Waals surface area (Å²) in [5, 5.41) is 1.07. The van der Waals surface area contributed by atoms with Crippen LogP contribution in [0.2, 0.25) is 0 Å². The molecule has 0 saturated carbocycles. The number of hydrogen-bond acceptors (Lipinski definition) is 1. The summed E-state index contributed by atoms with van der Waals surface area (Å²) in [4.78, 5) is 15.0. The number of halogens is 1. The summed E-state index contributed by atoms with van der Waals surface area (Å²) in [5.41, 5.74) is 2.75. The zero-order chi connectivity index (χ0) is 16.7. The second kappa shape index (κ2) is 5.78. The molecule has 122 valence electrons. The predicted molar refractivity (Wildman–Crippen MR) is 92.3 cm³/mol. The molecular formula is C20H19FN2O. The van der Waals surface area contributed by atoms with E-state index in [1.807, 2.05) is 46.8 Å². The first-order valence-corrected chi connectivity index (χ1v) is 8.26. The Balaban J connectivity index is 1.69. The maximum Gasteiger partial charge on any atom is 0.271 e. The molecule has 0 N–H and O–H groups in total. The van der Waals surface area contributed by atoms with Gasteiger partial charge in [-0.25, -0.2) is 4.39 Å². The van der Waals surface area contributed by atoms with E-state index in [0.29, 0.717) is 5.69 Å². The number of likely N-dealkylation sites (tertiary alicyclic amines) is 1. The van der Waals surface area contributed by atoms with Gasteiger partial charge in [0.05, 0.1) is 6.04 Å². The third-order valence-electron chi connectivity index (χ3n) is 4.94. The van der Waals surface area contributed by atoms with Crippen LogP contribution in [0.1, 0.15) is 34.9 Å². The lowest BCUT2D eigenvalue weighted by Crippen LogP contribution is -2.31. The van der Waals surface area contributed by atoms with Crippen LogP contribution < -0.4 is 0 Å². The van der Waals surface area contributed by atoms with E-state index in [1.54, 1.807) is 12.1 Å². The first kappa shape index (κ1) is 14.9. The fraction of sp³-hybridized carbons (Fsp3) is 0.250. The summed E-state index contributed by atoms with van der Waals surface area (Å²) < 4.78 is 15.1. The van der Waals surface area contributed by atoms with Crippen LogP contribution in [0.4, 0.5) is 4.39 Å². The fourth-order valence-electron chi connectivity index (χ4n) is 3.68. The Labute approximate surface area is 140 Å². The second-order valence-corrected chi connectivity index (χ2v) is 6.36. The number of aromatic nitrogens is 1. The van der Waals surface area contributed by atoms with E-state index < -0.39 is 0 Å². The smallest absolute Gasteiger partial charge is 0.271 e. The van der Waals surface area contributed by atoms with E-state index in [9.17, 15) is 9.18 Å². The normalized spacial score (nSPS) is 17.6. The van der Waals surface area contributed by atoms with Crippen LogP contribution in [0.5, 0.6) is 0 Å². The standard InChI is InChI=1S/C20H19FN2O/c1-22-17-6-3-2-5-15(17)13-19(22)20(24)23-12-4-7-18(23)14-8-10-16(21)11-9-14/h2-3,5-6,8-11,13,18H,4,7,12H2,1H3. The van der Waals surface area contributed by atoms with Crippen molar-refractivity contribution in [3.63, 3.8) is 0 Å². The number of fused-ring (bicyclic) bond motifs is 1. The molecule has 1 aliphatic rings. The summed E-state index contributed by atoms with van der Waals surface area (Å²) in [7, 11) is 1.93. The number of amides is 1. The molecular weight excluding hydrogens is 303 g/mol. The number of para-hydroxylation sites is 1. The lowest BCUT2D eigenvalue weighted by atomic mass is 10.0. The van der Waals surface area contributed by atoms with Gasteiger partial charge in [0.1, 0.15) is 11.5 Å². The highest BCUT2D eigenvalue weighted by Crippen LogP contribution is 2.34. The number of carbonyl (C=O) groups is 1. The van der Waals surface area contributed by atoms with Crippen LogP contribution in [0.3, 0.4) is 0 Å². The molecule has 2 aromatic carbocycles. The molecule has 0 spiro atoms. The Kier molecular flexibility index (Phi) is 3.60. The molecule has 3 aromatic rings. The molecule has 0 radical (unpaired) electrons. The van der Waals surface area contributed by atoms with Gasteiger partial charge in [-0.15, -0.1) is 0 Å². The van der Waals surface area contributed by atoms with Crippen molar-refractivity contribution in [2.45, 2.75) is 18.9 Å². The molecule has 4 heteroatoms. The molecule has 1 unspecified atom stereocenters. The zero-order valence-corrected chi connectivity index (χ0v) is 13.6. The number of aryl methyl sites for hydroxylation is 1. The van der Waals surface area contributed by atoms with Crippen molar-refractivity contribution in [2.75, 3.05) is 6.54 Å². The minimum atomic E-state index is -0.247. The maximum absolute atomic E-state index is 13.2. The molecule has 24 heavy (non-hydrogen) atoms. The number of carbonyl (C=O) groups excluding carboxylic acids is 1. The van der Waals surface area contributed by atoms with Crippen LogP contribution >= 0.6 is 0 Å². The van der Waals surface area contributed by atoms with E-state index in [0.717, 1.165) is 35.9 Å². The highest BCUT2D eigenvalue weighted by atomic mass is 19.1. The molecule has 1 aromatic heterocycles. The molecule has 1 saturated heterocycles. The highest BCUT2D eigenvalue weighted by Gasteiger charge is 2.31. The summed E-state index contributed by atoms with van der Waals surface area (Å²) in [6.45, 7) is 0.738. The van der Waals surface area contributed by atoms with Crippen LogP contribution in [-0.2, 0) is 7.05 Å². The first-order valence-electron chi connectivity index (χ1n) is 8.26. The molecule has 2 heterocycles. The number of hydrogen-bond donors (Lipinski definition) is 0. The SMILES string of the molecule is Cn1c(C(=O)N2CCCC2c2ccc(F)cc2)cc2ccccc21. The van der Waals surface area contributed by atoms with Crippen molar-refractivity contribution in [3.8, 4) is 0 Å². The Bertz CT molecular complexity index is 898. The monoisotopic (exact) mass is 322 g/mol. The summed E-state index contributed by atoms with van der Waals surface area (Å²) in [6.07, 6.45) is 1.89. The Hall–Kier alpha value is -2.62. The molecule has 0 bridgehead atoms. The molecule has 0 aliphatic carbocycles. The van der Waals surface area contributed by atoms with Gasteiger partial charge in [-0.2, -0.15) is 0 Å². The Morgan fingerprint density at radius 2 is 1.88 bits per heavy atom. The van der Waals surface area contributed by atoms with Crippen molar-refractivity contribution in [2.24, 2.45) is 7.05 Å². The van der Waals surface area contributed by atoms with Gasteiger partial charge in [0.25, 0.3) is 5.91 Å². The Morgan fingerprint density at radius 1 is 1.12 bits per heavy atom. The largest absolute Gasteiger partial charge is 0.340 e. The minimum absolute atomic E-state index is 0.0242. The van der Waals surface area contributed by atoms with Crippen LogP contribution in [0.15, 0.2) is 54.6 Å². The summed E-state index contributed by atoms with van der Waals surface area (Å²) in [5.74, 6) is -0.205. The van der Waals surface area contributed by atoms with Crippen molar-refractivity contribution in [1.29, 1.82) is 0 Å². The number of benzene rings is 2. The van der Waals surface area contributed by atoms with Gasteiger partial charge in [0.2, 0.25) is 0 Å². The van der Waals surface area contributed by atoms with E-state index in [1.165, 1.54) is 12.1 Å². The lowest BCUT2D eigenvalue weighted by molar-refractivity contribution is 0.0726. The van der Waals surface area contributed by atoms with E-state index >= 15 is 0 Å². The summed E-state index contributed by atoms with van der Waals surface area (Å²) >= 11 is 0. The second-order valence-electron chi connectivity index (χ2n) is 6.36. The first-order chi connectivity index (χ1) is 11.6. The van der Waals surface area contributed by atoms with E-state index in [2.05, 4.69) is 0 Å². The highest BCUT2D eigenvalue weighted by molar-refractivity contribution is 5.99. The van der Waals surface area contributed by atoms with Crippen molar-refractivity contribution >= 4 is 16.8 Å². The minimum Gasteiger partial charge on any atom is -0.340 e. The van der Waals surface area contributed by atoms with Gasteiger partial charge < -0.3 is 9.47 Å². The molecule has 3 nitrogen and oxygen atoms in total. The van der Waals surface area contributed by atoms with Crippen molar-refractivity contribution in [3.05, 3.63) is 71.7 Å². The lowest BCUT2D eigenvalue weighted by Gasteiger charge is -2.25. The number of rotatable bonds is 2. The van der Waals surface area contributed by atoms with E-state index in [-0.39, 0.29) is 17.8 Å². The fourth-order valence-corrected chi connectivity index (χ4v) is 3.68. The van der Waals surface area contributed by atoms with Gasteiger partial charge in [0.15, 0.2) is 0 Å². The van der Waals surface area contributed by atoms with Gasteiger partial charge in [0, 0.05) is 24.5 Å². The van der Waals surface area contributed by atoms with Crippen LogP contribution in [0.25, 0.3) is 10.9 Å². The molecule has 1 atom stereocenters. The molecule has 1 fully saturated rings. The van der Waals surface area contributed by atoms with Gasteiger partial charge in [-0.1, -0.05) is 30.3 Å². The number of nitrogens with zero attached hydrogens (tertiary/aromatic N) is 2. The van der Waals surface area contributed by atoms with E-state index in [4.69, 9.17) is 0 Å². The molecule has 1 amide bonds. The van der Waals surface area contributed by atoms with Gasteiger partial charge in [-0.3, -0.25) is 4.79 Å². The van der Waals surface area contributed by atoms with Crippen molar-refractivity contribution in [1.82, 2.24) is 9.47 Å². The van der Waals surface area contributed by atoms with Crippen LogP contribution in [-0.4, -0.2) is 21.9 Å². The zero-order valence-electron chi connectivity index (χ0n) is 13.6. The van der Waals surface area contributed by atoms with Gasteiger partial charge in [-0.05, 0) is 42.7 Å². The molecule has 1 aliphatic heterocycles. The average molecular weight is 322 g/mol. The molecule has 4 rings (SSSR count). The predicted octanol–water partition coefficient (Wildman–Crippen LogP) is 4.29.